The minimum Gasteiger partial charge on any atom is -0.147 e. The topological polar surface area (TPSA) is 3.24 Å². The minimum atomic E-state index is -1.05. The van der Waals surface area contributed by atoms with Crippen LogP contribution in [-0.4, -0.2) is 14.0 Å². The molecule has 0 saturated heterocycles. The molecule has 0 saturated carbocycles. The Bertz CT molecular complexity index is 448. The van der Waals surface area contributed by atoms with E-state index in [1.165, 1.54) is 0 Å². The van der Waals surface area contributed by atoms with Gasteiger partial charge in [-0.05, 0) is 0 Å². The molecule has 1 nitrogen and oxygen atoms in total. The summed E-state index contributed by atoms with van der Waals surface area (Å²) in [6.45, 7) is 26.1. The van der Waals surface area contributed by atoms with Crippen molar-refractivity contribution in [1.82, 2.24) is 2.89 Å². The Morgan fingerprint density at radius 2 is 1.14 bits per heavy atom. The average Bonchev–Trinajstić information content (AvgIpc) is 2.35. The Labute approximate surface area is 163 Å². The van der Waals surface area contributed by atoms with Gasteiger partial charge < -0.3 is 0 Å². The van der Waals surface area contributed by atoms with Gasteiger partial charge in [-0.15, -0.1) is 24.8 Å². The first kappa shape index (κ1) is 25.1. The Kier molecular flexibility index (Phi) is 8.97. The van der Waals surface area contributed by atoms with Gasteiger partial charge >= 0.3 is 139 Å². The number of hydrogen-bond acceptors (Lipinski definition) is 1. The zero-order valence-corrected chi connectivity index (χ0v) is 21.5. The van der Waals surface area contributed by atoms with Crippen molar-refractivity contribution in [2.45, 2.75) is 87.2 Å². The van der Waals surface area contributed by atoms with Crippen molar-refractivity contribution in [3.8, 4) is 0 Å². The van der Waals surface area contributed by atoms with Crippen LogP contribution in [0.4, 0.5) is 0 Å². The SMILES string of the molecule is CC1=C(C)C(C)(C)[C]([Hf][N](C(C)(C)C)C(C)(C)C)=C1C.Cl.Cl. The largest absolute Gasteiger partial charge is 0.147 e. The molecule has 0 aromatic rings. The van der Waals surface area contributed by atoms with E-state index < -0.39 is 23.2 Å². The Balaban J connectivity index is 0. The van der Waals surface area contributed by atoms with Crippen LogP contribution in [-0.2, 0) is 23.2 Å². The molecule has 0 atom stereocenters. The van der Waals surface area contributed by atoms with Crippen LogP contribution in [0, 0.1) is 5.41 Å². The summed E-state index contributed by atoms with van der Waals surface area (Å²) in [5, 5.41) is 0. The molecule has 0 unspecified atom stereocenters. The van der Waals surface area contributed by atoms with Gasteiger partial charge in [-0.1, -0.05) is 0 Å². The number of allylic oxidation sites excluding steroid dienone is 4. The predicted molar refractivity (Wildman–Crippen MR) is 101 cm³/mol. The molecule has 1 aliphatic rings. The summed E-state index contributed by atoms with van der Waals surface area (Å²) in [7, 11) is 0. The molecule has 0 aromatic heterocycles. The third-order valence-electron chi connectivity index (χ3n) is 4.63. The number of hydrogen-bond donors (Lipinski definition) is 0. The van der Waals surface area contributed by atoms with Crippen molar-refractivity contribution in [2.24, 2.45) is 5.41 Å². The van der Waals surface area contributed by atoms with Crippen LogP contribution in [0.15, 0.2) is 20.0 Å². The first-order chi connectivity index (χ1) is 8.70. The van der Waals surface area contributed by atoms with Gasteiger partial charge in [0.2, 0.25) is 0 Å². The van der Waals surface area contributed by atoms with E-state index >= 15 is 0 Å². The fourth-order valence-corrected chi connectivity index (χ4v) is 9.44. The van der Waals surface area contributed by atoms with Crippen molar-refractivity contribution in [3.63, 3.8) is 0 Å². The van der Waals surface area contributed by atoms with Crippen molar-refractivity contribution in [1.29, 1.82) is 0 Å². The molecular weight excluding hydrogens is 480 g/mol. The summed E-state index contributed by atoms with van der Waals surface area (Å²) < 4.78 is 4.62. The van der Waals surface area contributed by atoms with Gasteiger partial charge in [0, 0.05) is 0 Å². The van der Waals surface area contributed by atoms with E-state index in [0.717, 1.165) is 0 Å². The quantitative estimate of drug-likeness (QED) is 0.387. The smallest absolute Gasteiger partial charge is 0.147 e. The molecule has 0 N–H and O–H groups in total. The maximum Gasteiger partial charge on any atom is -0.147 e. The van der Waals surface area contributed by atoms with E-state index in [0.29, 0.717) is 0 Å². The van der Waals surface area contributed by atoms with E-state index in [-0.39, 0.29) is 41.3 Å². The second-order valence-corrected chi connectivity index (χ2v) is 12.9. The predicted octanol–water partition coefficient (Wildman–Crippen LogP) is 6.38. The van der Waals surface area contributed by atoms with Crippen LogP contribution in [0.1, 0.15) is 76.2 Å². The van der Waals surface area contributed by atoms with Crippen LogP contribution in [0.25, 0.3) is 0 Å². The summed E-state index contributed by atoms with van der Waals surface area (Å²) >= 11 is -1.05. The fourth-order valence-electron chi connectivity index (χ4n) is 3.27. The van der Waals surface area contributed by atoms with Gasteiger partial charge in [-0.2, -0.15) is 0 Å². The summed E-state index contributed by atoms with van der Waals surface area (Å²) in [6, 6.07) is 0. The molecule has 1 aliphatic carbocycles. The summed E-state index contributed by atoms with van der Waals surface area (Å²) in [5.74, 6) is 0. The second-order valence-electron chi connectivity index (χ2n) is 8.66. The van der Waals surface area contributed by atoms with Crippen LogP contribution in [0.3, 0.4) is 0 Å². The molecule has 1 rings (SSSR count). The van der Waals surface area contributed by atoms with E-state index in [4.69, 9.17) is 0 Å². The third kappa shape index (κ3) is 4.94. The van der Waals surface area contributed by atoms with Gasteiger partial charge in [-0.3, -0.25) is 0 Å². The second kappa shape index (κ2) is 7.85. The normalized spacial score (nSPS) is 18.4. The molecule has 0 aromatic carbocycles. The van der Waals surface area contributed by atoms with E-state index in [1.54, 1.807) is 20.0 Å². The number of nitrogens with zero attached hydrogens (tertiary/aromatic N) is 1. The summed E-state index contributed by atoms with van der Waals surface area (Å²) in [6.07, 6.45) is 0. The fraction of sp³-hybridized carbons (Fsp3) is 0.778. The van der Waals surface area contributed by atoms with Gasteiger partial charge in [0.05, 0.1) is 0 Å². The van der Waals surface area contributed by atoms with Crippen LogP contribution < -0.4 is 0 Å². The van der Waals surface area contributed by atoms with Crippen molar-refractivity contribution in [3.05, 3.63) is 20.0 Å². The van der Waals surface area contributed by atoms with Crippen molar-refractivity contribution in [2.75, 3.05) is 0 Å². The summed E-state index contributed by atoms with van der Waals surface area (Å²) in [5.41, 5.74) is 5.52. The van der Waals surface area contributed by atoms with Gasteiger partial charge in [0.1, 0.15) is 0 Å². The average molecular weight is 515 g/mol. The van der Waals surface area contributed by atoms with E-state index in [9.17, 15) is 0 Å². The molecule has 0 fully saturated rings. The molecular formula is C18H35Cl2HfN. The molecule has 0 aliphatic heterocycles. The first-order valence-electron chi connectivity index (χ1n) is 7.67. The Hall–Kier alpha value is 0.890. The van der Waals surface area contributed by atoms with Crippen molar-refractivity contribution < 1.29 is 23.2 Å². The van der Waals surface area contributed by atoms with Gasteiger partial charge in [0.15, 0.2) is 0 Å². The Morgan fingerprint density at radius 3 is 1.36 bits per heavy atom. The first-order valence-corrected chi connectivity index (χ1v) is 11.1. The third-order valence-corrected chi connectivity index (χ3v) is 14.6. The van der Waals surface area contributed by atoms with E-state index in [2.05, 4.69) is 79.0 Å². The molecule has 0 spiro atoms. The van der Waals surface area contributed by atoms with Crippen LogP contribution in [0.2, 0.25) is 0 Å². The summed E-state index contributed by atoms with van der Waals surface area (Å²) in [4.78, 5) is 0. The molecule has 4 heteroatoms. The monoisotopic (exact) mass is 515 g/mol. The number of halogens is 2. The maximum atomic E-state index is 2.83. The Morgan fingerprint density at radius 1 is 0.773 bits per heavy atom. The van der Waals surface area contributed by atoms with Crippen molar-refractivity contribution >= 4 is 24.8 Å². The number of rotatable bonds is 2. The zero-order valence-electron chi connectivity index (χ0n) is 16.3. The molecule has 0 bridgehead atoms. The van der Waals surface area contributed by atoms with Gasteiger partial charge in [0.25, 0.3) is 0 Å². The van der Waals surface area contributed by atoms with Crippen LogP contribution >= 0.6 is 24.8 Å². The standard InChI is InChI=1S/C10H15.C8H18N.2ClH.Hf/c1-7-6-10(4,5)9(3)8(7)2;1-7(2,3)9-8(4,5)6;;;/h1-5H3;1-6H3;2*1H;/q;-1;;;+1. The maximum absolute atomic E-state index is 2.83. The van der Waals surface area contributed by atoms with Gasteiger partial charge in [-0.25, -0.2) is 0 Å². The van der Waals surface area contributed by atoms with Crippen LogP contribution in [0.5, 0.6) is 0 Å². The van der Waals surface area contributed by atoms with E-state index in [1.807, 2.05) is 0 Å². The molecule has 0 heterocycles. The molecule has 130 valence electrons. The zero-order chi connectivity index (χ0) is 16.1. The molecule has 22 heavy (non-hydrogen) atoms. The molecule has 0 radical (unpaired) electrons. The molecule has 0 amide bonds. The minimum absolute atomic E-state index is 0.